The van der Waals surface area contributed by atoms with Gasteiger partial charge >= 0.3 is 23.9 Å². The Hall–Kier alpha value is -6.60. The van der Waals surface area contributed by atoms with Crippen molar-refractivity contribution in [3.05, 3.63) is 86.9 Å². The van der Waals surface area contributed by atoms with Crippen molar-refractivity contribution in [2.75, 3.05) is 119 Å². The SMILES string of the molecule is COC(=O)[C@H](CNC(=O)c1cc(O)cc(OCCOCCNC(=O)CN2CCN(CC(=O)OC(C)(C)C)CCN(CC(=O)OC(C)(C)C)CCN(CC(=O)OC(C)(C)C)CC2)c1)NC(=O)c1c(Cl)cc(C(=O)CCc2cccc(O)c2)cc1Cl. The van der Waals surface area contributed by atoms with Crippen molar-refractivity contribution in [2.45, 2.75) is 98.0 Å². The molecule has 0 spiro atoms. The summed E-state index contributed by atoms with van der Waals surface area (Å²) in [5, 5.41) is 27.7. The fraction of sp³-hybridized carbons (Fsp3) is 0.559. The van der Waals surface area contributed by atoms with Gasteiger partial charge in [0.25, 0.3) is 11.8 Å². The van der Waals surface area contributed by atoms with Crippen LogP contribution in [0.25, 0.3) is 0 Å². The van der Waals surface area contributed by atoms with Gasteiger partial charge in [0.05, 0.1) is 62.1 Å². The molecule has 3 amide bonds. The van der Waals surface area contributed by atoms with Crippen LogP contribution in [0.3, 0.4) is 0 Å². The molecule has 4 rings (SSSR count). The van der Waals surface area contributed by atoms with Crippen molar-refractivity contribution in [3.63, 3.8) is 0 Å². The summed E-state index contributed by atoms with van der Waals surface area (Å²) in [5.74, 6) is -4.52. The van der Waals surface area contributed by atoms with E-state index in [0.29, 0.717) is 58.8 Å². The van der Waals surface area contributed by atoms with Crippen molar-refractivity contribution in [1.29, 1.82) is 0 Å². The lowest BCUT2D eigenvalue weighted by molar-refractivity contribution is -0.158. The fourth-order valence-electron chi connectivity index (χ4n) is 8.45. The summed E-state index contributed by atoms with van der Waals surface area (Å²) in [5.41, 5.74) is -1.49. The first kappa shape index (κ1) is 69.9. The molecule has 1 heterocycles. The molecule has 3 aromatic carbocycles. The van der Waals surface area contributed by atoms with Gasteiger partial charge in [-0.15, -0.1) is 0 Å². The van der Waals surface area contributed by atoms with Crippen LogP contribution in [0.5, 0.6) is 17.2 Å². The van der Waals surface area contributed by atoms with Gasteiger partial charge in [-0.2, -0.15) is 0 Å². The standard InChI is InChI=1S/C59H83Cl2N7O16/c1-57(2,3)82-50(73)36-66-19-17-65(18-20-67(37-51(74)83-58(4,5)6)22-24-68(23-21-66)38-52(75)84-59(7,8)9)35-49(72)62-16-25-80-26-27-81-44-30-41(29-43(70)33-44)54(76)63-34-47(56(78)79-10)64-55(77)53-45(60)31-40(32-46(53)61)48(71)15-14-39-12-11-13-42(69)28-39/h11-13,28-33,47,69-70H,14-27,34-38H2,1-10H3,(H,62,72)(H,63,76)(H,64,77)/t47-/m0/s1. The van der Waals surface area contributed by atoms with Crippen LogP contribution >= 0.6 is 23.2 Å². The van der Waals surface area contributed by atoms with Crippen LogP contribution in [-0.2, 0) is 54.1 Å². The summed E-state index contributed by atoms with van der Waals surface area (Å²) < 4.78 is 33.2. The Morgan fingerprint density at radius 3 is 1.56 bits per heavy atom. The third kappa shape index (κ3) is 27.0. The minimum Gasteiger partial charge on any atom is -0.508 e. The predicted molar refractivity (Wildman–Crippen MR) is 314 cm³/mol. The number of esters is 4. The number of ketones is 1. The zero-order valence-electron chi connectivity index (χ0n) is 49.9. The molecule has 5 N–H and O–H groups in total. The van der Waals surface area contributed by atoms with Crippen molar-refractivity contribution >= 4 is 70.6 Å². The van der Waals surface area contributed by atoms with Crippen LogP contribution in [-0.4, -0.2) is 219 Å². The highest BCUT2D eigenvalue weighted by atomic mass is 35.5. The van der Waals surface area contributed by atoms with E-state index in [1.54, 1.807) is 80.5 Å². The predicted octanol–water partition coefficient (Wildman–Crippen LogP) is 4.68. The number of Topliss-reactive ketones (excluding diaryl/α,β-unsaturated/α-hetero) is 1. The molecule has 25 heteroatoms. The van der Waals surface area contributed by atoms with E-state index >= 15 is 0 Å². The Kier molecular flexibility index (Phi) is 27.6. The molecule has 1 aliphatic heterocycles. The Labute approximate surface area is 501 Å². The average molecular weight is 1220 g/mol. The number of ether oxygens (including phenoxy) is 6. The fourth-order valence-corrected chi connectivity index (χ4v) is 9.11. The Balaban J connectivity index is 1.30. The zero-order chi connectivity index (χ0) is 62.4. The molecule has 1 fully saturated rings. The number of aryl methyl sites for hydroxylation is 1. The van der Waals surface area contributed by atoms with Gasteiger partial charge in [-0.25, -0.2) is 4.79 Å². The van der Waals surface area contributed by atoms with Crippen LogP contribution in [0.15, 0.2) is 54.6 Å². The highest BCUT2D eigenvalue weighted by Gasteiger charge is 2.29. The number of carbonyl (C=O) groups excluding carboxylic acids is 8. The number of nitrogens with one attached hydrogen (secondary N) is 3. The first-order chi connectivity index (χ1) is 39.3. The van der Waals surface area contributed by atoms with Gasteiger partial charge in [0.2, 0.25) is 5.91 Å². The summed E-state index contributed by atoms with van der Waals surface area (Å²) in [6, 6.07) is 11.4. The minimum atomic E-state index is -1.43. The molecule has 0 aliphatic carbocycles. The summed E-state index contributed by atoms with van der Waals surface area (Å²) >= 11 is 12.9. The van der Waals surface area contributed by atoms with Crippen molar-refractivity contribution < 1.29 is 77.0 Å². The van der Waals surface area contributed by atoms with Crippen LogP contribution in [0.2, 0.25) is 10.0 Å². The monoisotopic (exact) mass is 1220 g/mol. The smallest absolute Gasteiger partial charge is 0.330 e. The Morgan fingerprint density at radius 1 is 0.583 bits per heavy atom. The molecule has 0 bridgehead atoms. The van der Waals surface area contributed by atoms with Gasteiger partial charge < -0.3 is 54.6 Å². The third-order valence-corrected chi connectivity index (χ3v) is 12.8. The van der Waals surface area contributed by atoms with E-state index in [1.807, 2.05) is 19.6 Å². The van der Waals surface area contributed by atoms with Gasteiger partial charge in [0, 0.05) is 89.1 Å². The van der Waals surface area contributed by atoms with Crippen molar-refractivity contribution in [1.82, 2.24) is 35.6 Å². The second kappa shape index (κ2) is 33.2. The van der Waals surface area contributed by atoms with E-state index in [4.69, 9.17) is 51.6 Å². The lowest BCUT2D eigenvalue weighted by Gasteiger charge is -2.34. The van der Waals surface area contributed by atoms with E-state index in [2.05, 4.69) is 16.0 Å². The molecule has 1 aliphatic rings. The number of benzene rings is 3. The molecule has 0 unspecified atom stereocenters. The molecular weight excluding hydrogens is 1130 g/mol. The molecule has 0 saturated carbocycles. The van der Waals surface area contributed by atoms with Gasteiger partial charge in [-0.1, -0.05) is 35.3 Å². The number of amides is 3. The number of phenolic OH excluding ortho intramolecular Hbond substituents is 2. The van der Waals surface area contributed by atoms with Crippen LogP contribution in [0, 0.1) is 0 Å². The lowest BCUT2D eigenvalue weighted by atomic mass is 10.0. The number of nitrogens with zero attached hydrogens (tertiary/aromatic N) is 4. The van der Waals surface area contributed by atoms with E-state index in [9.17, 15) is 48.6 Å². The first-order valence-electron chi connectivity index (χ1n) is 27.7. The van der Waals surface area contributed by atoms with E-state index in [1.165, 1.54) is 36.4 Å². The number of rotatable bonds is 25. The van der Waals surface area contributed by atoms with Gasteiger partial charge in [0.1, 0.15) is 46.7 Å². The third-order valence-electron chi connectivity index (χ3n) is 12.2. The number of hydrogen-bond donors (Lipinski definition) is 5. The maximum Gasteiger partial charge on any atom is 0.330 e. The molecule has 0 aromatic heterocycles. The lowest BCUT2D eigenvalue weighted by Crippen LogP contribution is -2.50. The van der Waals surface area contributed by atoms with Gasteiger partial charge in [-0.05, 0) is 111 Å². The highest BCUT2D eigenvalue weighted by Crippen LogP contribution is 2.28. The summed E-state index contributed by atoms with van der Waals surface area (Å²) in [4.78, 5) is 113. The number of hydrogen-bond acceptors (Lipinski definition) is 20. The number of phenols is 2. The quantitative estimate of drug-likeness (QED) is 0.0333. The minimum absolute atomic E-state index is 0.000976. The number of carbonyl (C=O) groups is 8. The maximum absolute atomic E-state index is 13.4. The average Bonchev–Trinajstić information content (AvgIpc) is 2.46. The number of halogens is 2. The Bertz CT molecular complexity index is 2680. The van der Waals surface area contributed by atoms with Gasteiger partial charge in [-0.3, -0.25) is 53.2 Å². The highest BCUT2D eigenvalue weighted by molar-refractivity contribution is 6.40. The maximum atomic E-state index is 13.4. The van der Waals surface area contributed by atoms with Crippen LogP contribution in [0.4, 0.5) is 0 Å². The molecule has 0 radical (unpaired) electrons. The second-order valence-electron chi connectivity index (χ2n) is 23.1. The summed E-state index contributed by atoms with van der Waals surface area (Å²) in [7, 11) is 1.09. The number of aromatic hydroxyl groups is 2. The molecule has 464 valence electrons. The van der Waals surface area contributed by atoms with Gasteiger partial charge in [0.15, 0.2) is 5.78 Å². The molecule has 23 nitrogen and oxygen atoms in total. The molecule has 1 atom stereocenters. The molecular formula is C59H83Cl2N7O16. The van der Waals surface area contributed by atoms with Crippen molar-refractivity contribution in [3.8, 4) is 17.2 Å². The van der Waals surface area contributed by atoms with E-state index in [-0.39, 0.29) is 115 Å². The molecule has 1 saturated heterocycles. The van der Waals surface area contributed by atoms with E-state index in [0.717, 1.165) is 12.7 Å². The molecule has 3 aromatic rings. The van der Waals surface area contributed by atoms with Crippen molar-refractivity contribution in [2.24, 2.45) is 0 Å². The second-order valence-corrected chi connectivity index (χ2v) is 23.9. The largest absolute Gasteiger partial charge is 0.508 e. The first-order valence-corrected chi connectivity index (χ1v) is 28.4. The molecule has 84 heavy (non-hydrogen) atoms. The summed E-state index contributed by atoms with van der Waals surface area (Å²) in [6.07, 6.45) is 0.390. The zero-order valence-corrected chi connectivity index (χ0v) is 51.4. The normalized spacial score (nSPS) is 14.9. The topological polar surface area (TPSA) is 281 Å². The summed E-state index contributed by atoms with van der Waals surface area (Å²) in [6.45, 7) is 19.0. The van der Waals surface area contributed by atoms with E-state index < -0.39 is 65.1 Å². The van der Waals surface area contributed by atoms with Crippen LogP contribution in [0.1, 0.15) is 105 Å². The van der Waals surface area contributed by atoms with Crippen LogP contribution < -0.4 is 20.7 Å². The Morgan fingerprint density at radius 2 is 1.08 bits per heavy atom. The number of methoxy groups -OCH3 is 1.